The molecule has 4 aromatic rings. The predicted molar refractivity (Wildman–Crippen MR) is 119 cm³/mol. The summed E-state index contributed by atoms with van der Waals surface area (Å²) in [7, 11) is 2.03. The molecule has 0 aliphatic carbocycles. The summed E-state index contributed by atoms with van der Waals surface area (Å²) in [5.41, 5.74) is 3.17. The van der Waals surface area contributed by atoms with Crippen molar-refractivity contribution in [2.24, 2.45) is 0 Å². The molecule has 4 rings (SSSR count). The Morgan fingerprint density at radius 1 is 1.14 bits per heavy atom. The largest absolute Gasteiger partial charge is 0.347 e. The molecule has 7 heteroatoms. The van der Waals surface area contributed by atoms with Gasteiger partial charge < -0.3 is 10.2 Å². The molecule has 0 spiro atoms. The minimum atomic E-state index is -0.0405. The lowest BCUT2D eigenvalue weighted by molar-refractivity contribution is 0.0955. The third kappa shape index (κ3) is 4.19. The first-order chi connectivity index (χ1) is 13.6. The van der Waals surface area contributed by atoms with Gasteiger partial charge in [0.05, 0.1) is 15.1 Å². The Balaban J connectivity index is 1.48. The van der Waals surface area contributed by atoms with Crippen LogP contribution in [0.15, 0.2) is 60.0 Å². The third-order valence-electron chi connectivity index (χ3n) is 4.38. The third-order valence-corrected chi connectivity index (χ3v) is 6.63. The van der Waals surface area contributed by atoms with Gasteiger partial charge >= 0.3 is 0 Å². The zero-order valence-electron chi connectivity index (χ0n) is 15.2. The molecule has 0 saturated carbocycles. The Labute approximate surface area is 176 Å². The van der Waals surface area contributed by atoms with Crippen LogP contribution in [0.4, 0.5) is 5.13 Å². The van der Waals surface area contributed by atoms with Crippen molar-refractivity contribution < 1.29 is 4.79 Å². The van der Waals surface area contributed by atoms with E-state index in [2.05, 4.69) is 22.3 Å². The summed E-state index contributed by atoms with van der Waals surface area (Å²) in [4.78, 5) is 19.8. The maximum absolute atomic E-state index is 12.2. The van der Waals surface area contributed by atoms with Gasteiger partial charge in [0.2, 0.25) is 0 Å². The minimum Gasteiger partial charge on any atom is -0.347 e. The second kappa shape index (κ2) is 8.31. The van der Waals surface area contributed by atoms with E-state index in [1.54, 1.807) is 11.3 Å². The Morgan fingerprint density at radius 2 is 1.96 bits per heavy atom. The number of aromatic nitrogens is 1. The van der Waals surface area contributed by atoms with Crippen LogP contribution in [-0.2, 0) is 13.1 Å². The number of benzene rings is 2. The number of halogens is 1. The van der Waals surface area contributed by atoms with Gasteiger partial charge in [-0.05, 0) is 40.8 Å². The number of amides is 1. The van der Waals surface area contributed by atoms with E-state index < -0.39 is 0 Å². The van der Waals surface area contributed by atoms with Gasteiger partial charge in [0.1, 0.15) is 0 Å². The number of nitrogens with zero attached hydrogens (tertiary/aromatic N) is 2. The average Bonchev–Trinajstić information content (AvgIpc) is 3.36. The van der Waals surface area contributed by atoms with E-state index in [1.165, 1.54) is 11.3 Å². The summed E-state index contributed by atoms with van der Waals surface area (Å²) in [5.74, 6) is -0.0405. The summed E-state index contributed by atoms with van der Waals surface area (Å²) >= 11 is 9.16. The molecule has 0 aliphatic rings. The maximum Gasteiger partial charge on any atom is 0.261 e. The van der Waals surface area contributed by atoms with Crippen molar-refractivity contribution in [3.63, 3.8) is 0 Å². The van der Waals surface area contributed by atoms with Gasteiger partial charge in [-0.15, -0.1) is 11.3 Å². The fourth-order valence-corrected chi connectivity index (χ4v) is 4.64. The molecule has 2 heterocycles. The zero-order chi connectivity index (χ0) is 19.5. The molecule has 0 radical (unpaired) electrons. The van der Waals surface area contributed by atoms with Crippen LogP contribution in [-0.4, -0.2) is 17.9 Å². The highest BCUT2D eigenvalue weighted by atomic mass is 35.5. The molecule has 2 aromatic heterocycles. The van der Waals surface area contributed by atoms with E-state index >= 15 is 0 Å². The topological polar surface area (TPSA) is 45.2 Å². The van der Waals surface area contributed by atoms with Gasteiger partial charge in [-0.25, -0.2) is 4.98 Å². The molecule has 28 heavy (non-hydrogen) atoms. The fourth-order valence-electron chi connectivity index (χ4n) is 2.93. The Kier molecular flexibility index (Phi) is 5.62. The first-order valence-electron chi connectivity index (χ1n) is 8.76. The number of nitrogens with one attached hydrogen (secondary N) is 1. The van der Waals surface area contributed by atoms with E-state index in [9.17, 15) is 4.79 Å². The number of hydrogen-bond acceptors (Lipinski definition) is 5. The summed E-state index contributed by atoms with van der Waals surface area (Å²) in [5, 5.41) is 6.55. The summed E-state index contributed by atoms with van der Waals surface area (Å²) < 4.78 is 1.11. The summed E-state index contributed by atoms with van der Waals surface area (Å²) in [6.07, 6.45) is 0. The van der Waals surface area contributed by atoms with E-state index in [0.29, 0.717) is 18.1 Å². The van der Waals surface area contributed by atoms with Crippen molar-refractivity contribution in [2.45, 2.75) is 13.1 Å². The number of carbonyl (C=O) groups excluding carboxylic acids is 1. The molecule has 1 N–H and O–H groups in total. The summed E-state index contributed by atoms with van der Waals surface area (Å²) in [6.45, 7) is 1.20. The van der Waals surface area contributed by atoms with Crippen LogP contribution in [0.25, 0.3) is 10.2 Å². The zero-order valence-corrected chi connectivity index (χ0v) is 17.6. The number of carbonyl (C=O) groups is 1. The predicted octanol–water partition coefficient (Wildman–Crippen LogP) is 5.58. The maximum atomic E-state index is 12.2. The normalized spacial score (nSPS) is 10.9. The summed E-state index contributed by atoms with van der Waals surface area (Å²) in [6, 6.07) is 17.6. The SMILES string of the molecule is CN(Cc1ccccc1CNC(=O)c1cccs1)c1nc2cc(Cl)ccc2s1. The van der Waals surface area contributed by atoms with Crippen LogP contribution in [0.2, 0.25) is 5.02 Å². The van der Waals surface area contributed by atoms with Gasteiger partial charge in [-0.2, -0.15) is 0 Å². The van der Waals surface area contributed by atoms with Crippen LogP contribution in [0.3, 0.4) is 0 Å². The molecule has 0 atom stereocenters. The Hall–Kier alpha value is -2.41. The molecule has 0 saturated heterocycles. The van der Waals surface area contributed by atoms with Crippen LogP contribution in [0, 0.1) is 0 Å². The fraction of sp³-hybridized carbons (Fsp3) is 0.143. The highest BCUT2D eigenvalue weighted by Gasteiger charge is 2.12. The number of hydrogen-bond donors (Lipinski definition) is 1. The molecule has 1 amide bonds. The van der Waals surface area contributed by atoms with Crippen LogP contribution in [0.5, 0.6) is 0 Å². The lowest BCUT2D eigenvalue weighted by Crippen LogP contribution is -2.24. The van der Waals surface area contributed by atoms with Crippen LogP contribution < -0.4 is 10.2 Å². The van der Waals surface area contributed by atoms with E-state index in [-0.39, 0.29) is 5.91 Å². The molecular formula is C21H18ClN3OS2. The van der Waals surface area contributed by atoms with Crippen LogP contribution >= 0.6 is 34.3 Å². The quantitative estimate of drug-likeness (QED) is 0.437. The number of thiazole rings is 1. The minimum absolute atomic E-state index is 0.0405. The average molecular weight is 428 g/mol. The number of fused-ring (bicyclic) bond motifs is 1. The van der Waals surface area contributed by atoms with Gasteiger partial charge in [0.15, 0.2) is 5.13 Å². The first kappa shape index (κ1) is 18.9. The van der Waals surface area contributed by atoms with Crippen molar-refractivity contribution in [3.8, 4) is 0 Å². The molecule has 2 aromatic carbocycles. The lowest BCUT2D eigenvalue weighted by atomic mass is 10.1. The van der Waals surface area contributed by atoms with Gasteiger partial charge in [0, 0.05) is 25.2 Å². The monoisotopic (exact) mass is 427 g/mol. The van der Waals surface area contributed by atoms with Gasteiger partial charge in [-0.3, -0.25) is 4.79 Å². The van der Waals surface area contributed by atoms with E-state index in [4.69, 9.17) is 16.6 Å². The standard InChI is InChI=1S/C21H18ClN3OS2/c1-25(21-24-17-11-16(22)8-9-18(17)28-21)13-15-6-3-2-5-14(15)12-23-20(26)19-7-4-10-27-19/h2-11H,12-13H2,1H3,(H,23,26). The van der Waals surface area contributed by atoms with Crippen molar-refractivity contribution >= 4 is 55.5 Å². The van der Waals surface area contributed by atoms with Crippen molar-refractivity contribution in [2.75, 3.05) is 11.9 Å². The smallest absolute Gasteiger partial charge is 0.261 e. The Bertz CT molecular complexity index is 1110. The molecule has 0 unspecified atom stereocenters. The molecule has 0 bridgehead atoms. The Morgan fingerprint density at radius 3 is 2.75 bits per heavy atom. The van der Waals surface area contributed by atoms with Gasteiger partial charge in [-0.1, -0.05) is 53.3 Å². The van der Waals surface area contributed by atoms with Crippen molar-refractivity contribution in [1.82, 2.24) is 10.3 Å². The lowest BCUT2D eigenvalue weighted by Gasteiger charge is -2.18. The van der Waals surface area contributed by atoms with Crippen molar-refractivity contribution in [1.29, 1.82) is 0 Å². The molecule has 142 valence electrons. The van der Waals surface area contributed by atoms with Crippen LogP contribution in [0.1, 0.15) is 20.8 Å². The molecular weight excluding hydrogens is 410 g/mol. The van der Waals surface area contributed by atoms with E-state index in [1.807, 2.05) is 54.9 Å². The number of anilines is 1. The van der Waals surface area contributed by atoms with E-state index in [0.717, 1.165) is 31.4 Å². The highest BCUT2D eigenvalue weighted by molar-refractivity contribution is 7.22. The second-order valence-corrected chi connectivity index (χ2v) is 8.79. The molecule has 0 aliphatic heterocycles. The number of rotatable bonds is 6. The molecule has 0 fully saturated rings. The number of thiophene rings is 1. The first-order valence-corrected chi connectivity index (χ1v) is 10.8. The highest BCUT2D eigenvalue weighted by Crippen LogP contribution is 2.30. The van der Waals surface area contributed by atoms with Crippen molar-refractivity contribution in [3.05, 3.63) is 81.0 Å². The molecule has 4 nitrogen and oxygen atoms in total. The second-order valence-electron chi connectivity index (χ2n) is 6.39. The van der Waals surface area contributed by atoms with Gasteiger partial charge in [0.25, 0.3) is 5.91 Å².